The van der Waals surface area contributed by atoms with Crippen LogP contribution in [0.5, 0.6) is 0 Å². The third-order valence-electron chi connectivity index (χ3n) is 5.08. The minimum atomic E-state index is -3.51. The van der Waals surface area contributed by atoms with Crippen LogP contribution in [0.2, 0.25) is 0 Å². The molecule has 1 aromatic rings. The molecule has 0 radical (unpaired) electrons. The van der Waals surface area contributed by atoms with E-state index in [-0.39, 0.29) is 11.8 Å². The highest BCUT2D eigenvalue weighted by molar-refractivity contribution is 7.89. The molecule has 1 saturated heterocycles. The summed E-state index contributed by atoms with van der Waals surface area (Å²) in [5.74, 6) is 0.0938. The maximum Gasteiger partial charge on any atom is 0.243 e. The lowest BCUT2D eigenvalue weighted by Gasteiger charge is -2.33. The highest BCUT2D eigenvalue weighted by Gasteiger charge is 2.34. The number of nitrogens with zero attached hydrogens (tertiary/aromatic N) is 2. The van der Waals surface area contributed by atoms with Crippen LogP contribution >= 0.6 is 0 Å². The predicted octanol–water partition coefficient (Wildman–Crippen LogP) is 2.88. The number of hydrogen-bond acceptors (Lipinski definition) is 3. The largest absolute Gasteiger partial charge is 0.343 e. The molecule has 1 amide bonds. The average Bonchev–Trinajstić information content (AvgIpc) is 2.54. The molecule has 2 rings (SSSR count). The Labute approximate surface area is 152 Å². The second-order valence-electron chi connectivity index (χ2n) is 6.92. The highest BCUT2D eigenvalue weighted by Crippen LogP contribution is 2.29. The van der Waals surface area contributed by atoms with Gasteiger partial charge in [0.25, 0.3) is 0 Å². The molecule has 25 heavy (non-hydrogen) atoms. The van der Waals surface area contributed by atoms with Crippen molar-refractivity contribution in [3.05, 3.63) is 28.8 Å². The first-order valence-corrected chi connectivity index (χ1v) is 10.5. The molecule has 1 aromatic carbocycles. The first-order chi connectivity index (χ1) is 11.7. The molecule has 0 unspecified atom stereocenters. The third-order valence-corrected chi connectivity index (χ3v) is 7.29. The van der Waals surface area contributed by atoms with Crippen molar-refractivity contribution in [1.82, 2.24) is 9.21 Å². The van der Waals surface area contributed by atoms with Gasteiger partial charge >= 0.3 is 0 Å². The number of piperidine rings is 1. The summed E-state index contributed by atoms with van der Waals surface area (Å²) >= 11 is 0. The zero-order valence-electron chi connectivity index (χ0n) is 16.0. The van der Waals surface area contributed by atoms with Gasteiger partial charge in [0, 0.05) is 32.1 Å². The molecule has 1 fully saturated rings. The summed E-state index contributed by atoms with van der Waals surface area (Å²) in [5, 5.41) is 0. The Morgan fingerprint density at radius 2 is 1.56 bits per heavy atom. The lowest BCUT2D eigenvalue weighted by Crippen LogP contribution is -2.44. The maximum atomic E-state index is 13.1. The van der Waals surface area contributed by atoms with Gasteiger partial charge in [-0.15, -0.1) is 0 Å². The van der Waals surface area contributed by atoms with E-state index in [1.54, 1.807) is 4.31 Å². The highest BCUT2D eigenvalue weighted by atomic mass is 32.2. The summed E-state index contributed by atoms with van der Waals surface area (Å²) in [6, 6.07) is 3.83. The lowest BCUT2D eigenvalue weighted by atomic mass is 9.96. The third kappa shape index (κ3) is 4.06. The number of carbonyl (C=O) groups is 1. The number of hydrogen-bond donors (Lipinski definition) is 0. The molecular formula is C19H30N2O3S. The van der Waals surface area contributed by atoms with Gasteiger partial charge in [-0.25, -0.2) is 8.42 Å². The normalized spacial score (nSPS) is 16.8. The van der Waals surface area contributed by atoms with E-state index in [0.29, 0.717) is 43.9 Å². The standard InChI is InChI=1S/C19H30N2O3S/c1-6-20(7-2)19(22)17-8-10-21(11-9-17)25(23,24)18-15(4)12-14(3)13-16(18)5/h12-13,17H,6-11H2,1-5H3. The van der Waals surface area contributed by atoms with Gasteiger partial charge in [0.2, 0.25) is 15.9 Å². The van der Waals surface area contributed by atoms with E-state index >= 15 is 0 Å². The van der Waals surface area contributed by atoms with Crippen molar-refractivity contribution in [2.45, 2.75) is 52.4 Å². The molecule has 0 atom stereocenters. The molecule has 0 bridgehead atoms. The van der Waals surface area contributed by atoms with Crippen LogP contribution in [0.15, 0.2) is 17.0 Å². The van der Waals surface area contributed by atoms with Crippen LogP contribution in [0.4, 0.5) is 0 Å². The van der Waals surface area contributed by atoms with Crippen molar-refractivity contribution >= 4 is 15.9 Å². The zero-order chi connectivity index (χ0) is 18.8. The summed E-state index contributed by atoms with van der Waals surface area (Å²) < 4.78 is 27.7. The minimum Gasteiger partial charge on any atom is -0.343 e. The van der Waals surface area contributed by atoms with Gasteiger partial charge in [-0.2, -0.15) is 4.31 Å². The summed E-state index contributed by atoms with van der Waals surface area (Å²) in [6.07, 6.45) is 1.19. The molecule has 1 heterocycles. The van der Waals surface area contributed by atoms with E-state index in [1.807, 2.05) is 51.7 Å². The number of sulfonamides is 1. The molecule has 0 aromatic heterocycles. The Bertz CT molecular complexity index is 708. The molecule has 0 N–H and O–H groups in total. The molecule has 140 valence electrons. The van der Waals surface area contributed by atoms with Gasteiger partial charge in [-0.3, -0.25) is 4.79 Å². The Kier molecular flexibility index (Phi) is 6.27. The van der Waals surface area contributed by atoms with Crippen LogP contribution < -0.4 is 0 Å². The van der Waals surface area contributed by atoms with Crippen LogP contribution in [0.1, 0.15) is 43.4 Å². The van der Waals surface area contributed by atoms with E-state index in [2.05, 4.69) is 0 Å². The second kappa shape index (κ2) is 7.87. The van der Waals surface area contributed by atoms with Crippen LogP contribution in [0.25, 0.3) is 0 Å². The van der Waals surface area contributed by atoms with Gasteiger partial charge in [-0.1, -0.05) is 17.7 Å². The molecular weight excluding hydrogens is 336 g/mol. The molecule has 0 aliphatic carbocycles. The fourth-order valence-electron chi connectivity index (χ4n) is 3.84. The van der Waals surface area contributed by atoms with Crippen LogP contribution in [-0.2, 0) is 14.8 Å². The zero-order valence-corrected chi connectivity index (χ0v) is 16.8. The number of amides is 1. The van der Waals surface area contributed by atoms with Gasteiger partial charge in [0.1, 0.15) is 0 Å². The summed E-state index contributed by atoms with van der Waals surface area (Å²) in [6.45, 7) is 11.9. The van der Waals surface area contributed by atoms with Gasteiger partial charge in [-0.05, 0) is 58.6 Å². The first kappa shape index (κ1) is 19.9. The predicted molar refractivity (Wildman–Crippen MR) is 100 cm³/mol. The van der Waals surface area contributed by atoms with Crippen LogP contribution in [0.3, 0.4) is 0 Å². The smallest absolute Gasteiger partial charge is 0.243 e. The van der Waals surface area contributed by atoms with Gasteiger partial charge < -0.3 is 4.90 Å². The lowest BCUT2D eigenvalue weighted by molar-refractivity contribution is -0.136. The minimum absolute atomic E-state index is 0.0634. The quantitative estimate of drug-likeness (QED) is 0.805. The van der Waals surface area contributed by atoms with Crippen LogP contribution in [0, 0.1) is 26.7 Å². The topological polar surface area (TPSA) is 57.7 Å². The van der Waals surface area contributed by atoms with Crippen LogP contribution in [-0.4, -0.2) is 49.7 Å². The summed E-state index contributed by atoms with van der Waals surface area (Å²) in [7, 11) is -3.51. The Morgan fingerprint density at radius 3 is 2.00 bits per heavy atom. The number of aryl methyl sites for hydroxylation is 3. The van der Waals surface area contributed by atoms with Crippen molar-refractivity contribution in [2.75, 3.05) is 26.2 Å². The summed E-state index contributed by atoms with van der Waals surface area (Å²) in [5.41, 5.74) is 2.65. The molecule has 5 nitrogen and oxygen atoms in total. The molecule has 0 spiro atoms. The second-order valence-corrected chi connectivity index (χ2v) is 8.79. The fourth-order valence-corrected chi connectivity index (χ4v) is 5.72. The average molecular weight is 367 g/mol. The monoisotopic (exact) mass is 366 g/mol. The van der Waals surface area contributed by atoms with Crippen molar-refractivity contribution < 1.29 is 13.2 Å². The number of benzene rings is 1. The molecule has 0 saturated carbocycles. The molecule has 1 aliphatic rings. The SMILES string of the molecule is CCN(CC)C(=O)C1CCN(S(=O)(=O)c2c(C)cc(C)cc2C)CC1. The van der Waals surface area contributed by atoms with E-state index in [4.69, 9.17) is 0 Å². The van der Waals surface area contributed by atoms with Gasteiger partial charge in [0.05, 0.1) is 4.90 Å². The fraction of sp³-hybridized carbons (Fsp3) is 0.632. The van der Waals surface area contributed by atoms with Crippen molar-refractivity contribution in [1.29, 1.82) is 0 Å². The Hall–Kier alpha value is -1.40. The molecule has 6 heteroatoms. The van der Waals surface area contributed by atoms with E-state index < -0.39 is 10.0 Å². The van der Waals surface area contributed by atoms with E-state index in [1.165, 1.54) is 0 Å². The van der Waals surface area contributed by atoms with Crippen molar-refractivity contribution in [3.63, 3.8) is 0 Å². The molecule has 1 aliphatic heterocycles. The number of rotatable bonds is 5. The Morgan fingerprint density at radius 1 is 1.08 bits per heavy atom. The Balaban J connectivity index is 2.16. The van der Waals surface area contributed by atoms with Crippen molar-refractivity contribution in [3.8, 4) is 0 Å². The first-order valence-electron chi connectivity index (χ1n) is 9.09. The van der Waals surface area contributed by atoms with E-state index in [9.17, 15) is 13.2 Å². The van der Waals surface area contributed by atoms with E-state index in [0.717, 1.165) is 16.7 Å². The maximum absolute atomic E-state index is 13.1. The van der Waals surface area contributed by atoms with Crippen molar-refractivity contribution in [2.24, 2.45) is 5.92 Å². The summed E-state index contributed by atoms with van der Waals surface area (Å²) in [4.78, 5) is 14.7. The van der Waals surface area contributed by atoms with Gasteiger partial charge in [0.15, 0.2) is 0 Å². The number of carbonyl (C=O) groups excluding carboxylic acids is 1.